The van der Waals surface area contributed by atoms with Gasteiger partial charge in [0.25, 0.3) is 0 Å². The average molecular weight is 530 g/mol. The molecule has 0 saturated heterocycles. The summed E-state index contributed by atoms with van der Waals surface area (Å²) in [7, 11) is 4.82. The second-order valence-corrected chi connectivity index (χ2v) is 9.81. The fourth-order valence-electron chi connectivity index (χ4n) is 4.47. The zero-order valence-corrected chi connectivity index (χ0v) is 23.8. The van der Waals surface area contributed by atoms with Crippen molar-refractivity contribution in [1.82, 2.24) is 10.3 Å². The number of hydrogen-bond acceptors (Lipinski definition) is 6. The number of amides is 1. The van der Waals surface area contributed by atoms with E-state index in [0.717, 1.165) is 11.1 Å². The van der Waals surface area contributed by atoms with Crippen molar-refractivity contribution in [3.05, 3.63) is 70.4 Å². The summed E-state index contributed by atoms with van der Waals surface area (Å²) in [6.45, 7) is 9.02. The first-order chi connectivity index (χ1) is 18.1. The molecule has 3 rings (SSSR count). The third kappa shape index (κ3) is 11.2. The number of nitrogens with one attached hydrogen (secondary N) is 1. The highest BCUT2D eigenvalue weighted by molar-refractivity contribution is 5.45. The lowest BCUT2D eigenvalue weighted by molar-refractivity contribution is -0.106. The molecule has 8 heteroatoms. The lowest BCUT2D eigenvalue weighted by Crippen LogP contribution is -2.29. The van der Waals surface area contributed by atoms with Gasteiger partial charge in [-0.3, -0.25) is 9.78 Å². The van der Waals surface area contributed by atoms with Crippen molar-refractivity contribution >= 4 is 18.6 Å². The molecule has 1 fully saturated rings. The van der Waals surface area contributed by atoms with Crippen LogP contribution in [0.15, 0.2) is 59.8 Å². The predicted molar refractivity (Wildman–Crippen MR) is 152 cm³/mol. The summed E-state index contributed by atoms with van der Waals surface area (Å²) in [6.07, 6.45) is 18.2. The third-order valence-corrected chi connectivity index (χ3v) is 6.14. The minimum Gasteiger partial charge on any atom is -0.501 e. The number of allylic oxidation sites excluding steroid dienone is 5. The number of carbonyl (C=O) groups excluding carboxylic acids is 1. The van der Waals surface area contributed by atoms with Gasteiger partial charge in [-0.25, -0.2) is 4.39 Å². The Bertz CT molecular complexity index is 1140. The highest BCUT2D eigenvalue weighted by Gasteiger charge is 2.24. The lowest BCUT2D eigenvalue weighted by Gasteiger charge is -2.33. The Balaban J connectivity index is 0.000000497. The van der Waals surface area contributed by atoms with Crippen LogP contribution in [0.4, 0.5) is 4.39 Å². The molecule has 2 aliphatic carbocycles. The van der Waals surface area contributed by atoms with Gasteiger partial charge >= 0.3 is 0 Å². The van der Waals surface area contributed by atoms with Gasteiger partial charge in [0.05, 0.1) is 19.6 Å². The number of likely N-dealkylation sites (N-methyl/N-ethyl adjacent to an activating group) is 1. The van der Waals surface area contributed by atoms with Gasteiger partial charge in [-0.2, -0.15) is 0 Å². The van der Waals surface area contributed by atoms with E-state index in [0.29, 0.717) is 34.4 Å². The Morgan fingerprint density at radius 3 is 2.53 bits per heavy atom. The molecule has 1 aromatic rings. The van der Waals surface area contributed by atoms with Crippen molar-refractivity contribution in [2.24, 2.45) is 17.1 Å². The van der Waals surface area contributed by atoms with Crippen molar-refractivity contribution < 1.29 is 23.4 Å². The van der Waals surface area contributed by atoms with E-state index in [1.165, 1.54) is 45.1 Å². The number of hydrogen-bond donors (Lipinski definition) is 2. The maximum absolute atomic E-state index is 14.4. The van der Waals surface area contributed by atoms with Crippen LogP contribution in [0.1, 0.15) is 59.8 Å². The smallest absolute Gasteiger partial charge is 0.204 e. The van der Waals surface area contributed by atoms with Crippen LogP contribution in [0, 0.1) is 11.3 Å². The zero-order valence-electron chi connectivity index (χ0n) is 23.8. The zero-order chi connectivity index (χ0) is 28.6. The summed E-state index contributed by atoms with van der Waals surface area (Å²) in [5.41, 5.74) is 5.52. The van der Waals surface area contributed by atoms with Crippen LogP contribution >= 0.6 is 0 Å². The van der Waals surface area contributed by atoms with Crippen LogP contribution < -0.4 is 26.4 Å². The number of rotatable bonds is 6. The number of methoxy groups -OCH3 is 2. The molecule has 1 atom stereocenters. The van der Waals surface area contributed by atoms with Gasteiger partial charge in [0.2, 0.25) is 6.41 Å². The van der Waals surface area contributed by atoms with E-state index in [9.17, 15) is 4.39 Å². The minimum absolute atomic E-state index is 0.172. The first-order valence-electron chi connectivity index (χ1n) is 12.8. The summed E-state index contributed by atoms with van der Waals surface area (Å²) in [5, 5.41) is 4.29. The molecular formula is C30H44FN3O4. The van der Waals surface area contributed by atoms with E-state index >= 15 is 0 Å². The standard InChI is InChI=1S/C20H23FN2O3.C9H18.CH3NO/c1-5-16-18(12-15(25-4)13-24-3)23-10-9-19(16)26-20-8-6-7-14(22-2)11-17(20)21;1-8-5-4-6-9(2,3)7-8;2-1-3/h5,7-13,22H,6H2,1-4H3;8H,4-7H2,1-3H3;1H,(H2,2,3)/b15-13-,16-5+,18-12+;;. The summed E-state index contributed by atoms with van der Waals surface area (Å²) < 4.78 is 30.5. The van der Waals surface area contributed by atoms with Crippen LogP contribution in [-0.4, -0.2) is 32.7 Å². The van der Waals surface area contributed by atoms with E-state index in [-0.39, 0.29) is 12.2 Å². The molecule has 0 spiro atoms. The first-order valence-corrected chi connectivity index (χ1v) is 12.8. The highest BCUT2D eigenvalue weighted by Crippen LogP contribution is 2.37. The van der Waals surface area contributed by atoms with Gasteiger partial charge in [-0.05, 0) is 49.7 Å². The molecule has 1 amide bonds. The van der Waals surface area contributed by atoms with Gasteiger partial charge in [-0.1, -0.05) is 45.8 Å². The molecule has 1 saturated carbocycles. The van der Waals surface area contributed by atoms with Gasteiger partial charge in [0.1, 0.15) is 12.0 Å². The van der Waals surface area contributed by atoms with Crippen LogP contribution in [0.5, 0.6) is 5.75 Å². The Hall–Kier alpha value is -3.55. The quantitative estimate of drug-likeness (QED) is 0.408. The molecule has 0 aliphatic heterocycles. The van der Waals surface area contributed by atoms with Crippen molar-refractivity contribution in [2.45, 2.75) is 59.8 Å². The summed E-state index contributed by atoms with van der Waals surface area (Å²) in [4.78, 5) is 12.9. The minimum atomic E-state index is -0.440. The monoisotopic (exact) mass is 529 g/mol. The molecule has 38 heavy (non-hydrogen) atoms. The first kappa shape index (κ1) is 32.5. The maximum Gasteiger partial charge on any atom is 0.204 e. The van der Waals surface area contributed by atoms with Gasteiger partial charge in [0, 0.05) is 36.3 Å². The number of nitrogens with zero attached hydrogens (tertiary/aromatic N) is 1. The molecule has 7 nitrogen and oxygen atoms in total. The Morgan fingerprint density at radius 1 is 1.29 bits per heavy atom. The van der Waals surface area contributed by atoms with Crippen molar-refractivity contribution in [3.8, 4) is 5.75 Å². The van der Waals surface area contributed by atoms with E-state index in [1.807, 2.05) is 19.1 Å². The fourth-order valence-corrected chi connectivity index (χ4v) is 4.47. The van der Waals surface area contributed by atoms with E-state index in [4.69, 9.17) is 19.0 Å². The third-order valence-electron chi connectivity index (χ3n) is 6.14. The number of halogens is 1. The molecule has 1 heterocycles. The van der Waals surface area contributed by atoms with Crippen LogP contribution in [-0.2, 0) is 14.3 Å². The molecule has 0 radical (unpaired) electrons. The number of aromatic nitrogens is 1. The summed E-state index contributed by atoms with van der Waals surface area (Å²) >= 11 is 0. The van der Waals surface area contributed by atoms with E-state index in [1.54, 1.807) is 38.6 Å². The second-order valence-electron chi connectivity index (χ2n) is 9.81. The normalized spacial score (nSPS) is 19.6. The summed E-state index contributed by atoms with van der Waals surface area (Å²) in [5.74, 6) is 1.72. The molecule has 0 aromatic carbocycles. The van der Waals surface area contributed by atoms with Gasteiger partial charge < -0.3 is 25.3 Å². The number of primary amides is 1. The van der Waals surface area contributed by atoms with Crippen LogP contribution in [0.3, 0.4) is 0 Å². The summed E-state index contributed by atoms with van der Waals surface area (Å²) in [6, 6.07) is 1.70. The maximum atomic E-state index is 14.4. The Kier molecular flexibility index (Phi) is 14.6. The molecule has 3 N–H and O–H groups in total. The highest BCUT2D eigenvalue weighted by atomic mass is 19.1. The van der Waals surface area contributed by atoms with Crippen LogP contribution in [0.2, 0.25) is 0 Å². The largest absolute Gasteiger partial charge is 0.501 e. The van der Waals surface area contributed by atoms with E-state index < -0.39 is 5.83 Å². The molecule has 0 bridgehead atoms. The fraction of sp³-hybridized carbons (Fsp3) is 0.467. The topological polar surface area (TPSA) is 95.7 Å². The Labute approximate surface area is 226 Å². The lowest BCUT2D eigenvalue weighted by atomic mass is 9.73. The van der Waals surface area contributed by atoms with Gasteiger partial charge in [-0.15, -0.1) is 0 Å². The molecule has 1 unspecified atom stereocenters. The number of carbonyl (C=O) groups is 1. The molecule has 210 valence electrons. The number of nitrogens with two attached hydrogens (primary N) is 1. The number of ether oxygens (including phenoxy) is 3. The Morgan fingerprint density at radius 2 is 2.00 bits per heavy atom. The van der Waals surface area contributed by atoms with E-state index in [2.05, 4.69) is 36.8 Å². The van der Waals surface area contributed by atoms with Gasteiger partial charge in [0.15, 0.2) is 17.3 Å². The second kappa shape index (κ2) is 17.1. The van der Waals surface area contributed by atoms with Crippen LogP contribution in [0.25, 0.3) is 12.2 Å². The van der Waals surface area contributed by atoms with Crippen molar-refractivity contribution in [2.75, 3.05) is 21.3 Å². The SMILES string of the molecule is C/C=c1/c(OC2=CCC=C(NC)C=C2F)ccn/c1=C/C(=C/OC)OC.CC1CCCC(C)(C)C1.NC=O. The van der Waals surface area contributed by atoms with Crippen molar-refractivity contribution in [1.29, 1.82) is 0 Å². The average Bonchev–Trinajstić information content (AvgIpc) is 3.04. The van der Waals surface area contributed by atoms with Crippen molar-refractivity contribution in [3.63, 3.8) is 0 Å². The molecule has 1 aromatic heterocycles. The number of pyridine rings is 1. The molecule has 2 aliphatic rings. The molecular weight excluding hydrogens is 485 g/mol. The predicted octanol–water partition coefficient (Wildman–Crippen LogP) is 4.74.